The maximum absolute atomic E-state index is 11.8. The van der Waals surface area contributed by atoms with Gasteiger partial charge in [0.25, 0.3) is 0 Å². The molecule has 2 aromatic heterocycles. The Hall–Kier alpha value is -2.39. The van der Waals surface area contributed by atoms with Crippen LogP contribution in [-0.2, 0) is 4.79 Å². The SMILES string of the molecule is CCCCCC(=O)NC(=S)Nc1ccc(-c2nn3c(C)nnc3s2)cc1. The van der Waals surface area contributed by atoms with Crippen molar-refractivity contribution in [1.29, 1.82) is 0 Å². The van der Waals surface area contributed by atoms with Gasteiger partial charge in [0.05, 0.1) is 0 Å². The molecule has 0 saturated carbocycles. The zero-order valence-electron chi connectivity index (χ0n) is 14.7. The number of hydrogen-bond donors (Lipinski definition) is 2. The molecule has 3 rings (SSSR count). The maximum atomic E-state index is 11.8. The van der Waals surface area contributed by atoms with E-state index in [0.717, 1.165) is 46.3 Å². The standard InChI is InChI=1S/C17H20N6OS2/c1-3-4-5-6-14(24)19-16(25)18-13-9-7-12(8-10-13)15-22-23-11(2)20-21-17(23)26-15/h7-10H,3-6H2,1-2H3,(H2,18,19,24,25). The van der Waals surface area contributed by atoms with Crippen molar-refractivity contribution in [2.45, 2.75) is 39.5 Å². The van der Waals surface area contributed by atoms with Crippen LogP contribution in [0.4, 0.5) is 5.69 Å². The van der Waals surface area contributed by atoms with Gasteiger partial charge in [-0.2, -0.15) is 9.61 Å². The number of aromatic nitrogens is 4. The number of unbranched alkanes of at least 4 members (excludes halogenated alkanes) is 2. The number of rotatable bonds is 6. The molecule has 1 amide bonds. The van der Waals surface area contributed by atoms with E-state index in [1.165, 1.54) is 11.3 Å². The predicted octanol–water partition coefficient (Wildman–Crippen LogP) is 3.55. The predicted molar refractivity (Wildman–Crippen MR) is 107 cm³/mol. The molecule has 0 spiro atoms. The summed E-state index contributed by atoms with van der Waals surface area (Å²) in [6.45, 7) is 3.98. The zero-order valence-corrected chi connectivity index (χ0v) is 16.3. The highest BCUT2D eigenvalue weighted by molar-refractivity contribution is 7.80. The van der Waals surface area contributed by atoms with Gasteiger partial charge in [0.1, 0.15) is 5.01 Å². The molecule has 0 atom stereocenters. The molecule has 136 valence electrons. The van der Waals surface area contributed by atoms with Gasteiger partial charge in [0, 0.05) is 17.7 Å². The minimum atomic E-state index is -0.0531. The molecule has 26 heavy (non-hydrogen) atoms. The average Bonchev–Trinajstić information content (AvgIpc) is 3.18. The lowest BCUT2D eigenvalue weighted by Crippen LogP contribution is -2.33. The third-order valence-electron chi connectivity index (χ3n) is 3.80. The largest absolute Gasteiger partial charge is 0.332 e. The molecule has 7 nitrogen and oxygen atoms in total. The summed E-state index contributed by atoms with van der Waals surface area (Å²) < 4.78 is 1.73. The molecule has 0 bridgehead atoms. The third-order valence-corrected chi connectivity index (χ3v) is 4.95. The highest BCUT2D eigenvalue weighted by atomic mass is 32.1. The zero-order chi connectivity index (χ0) is 18.5. The summed E-state index contributed by atoms with van der Waals surface area (Å²) in [6.07, 6.45) is 3.51. The maximum Gasteiger partial charge on any atom is 0.234 e. The van der Waals surface area contributed by atoms with Gasteiger partial charge >= 0.3 is 0 Å². The summed E-state index contributed by atoms with van der Waals surface area (Å²) in [5, 5.41) is 19.5. The molecule has 0 aliphatic carbocycles. The summed E-state index contributed by atoms with van der Waals surface area (Å²) in [5.41, 5.74) is 1.80. The van der Waals surface area contributed by atoms with Crippen molar-refractivity contribution in [3.8, 4) is 10.6 Å². The van der Waals surface area contributed by atoms with Crippen LogP contribution < -0.4 is 10.6 Å². The molecule has 0 radical (unpaired) electrons. The van der Waals surface area contributed by atoms with Gasteiger partial charge in [-0.25, -0.2) is 0 Å². The van der Waals surface area contributed by atoms with Gasteiger partial charge in [-0.15, -0.1) is 10.2 Å². The van der Waals surface area contributed by atoms with E-state index in [9.17, 15) is 4.79 Å². The lowest BCUT2D eigenvalue weighted by Gasteiger charge is -2.09. The molecule has 0 aliphatic heterocycles. The molecule has 2 heterocycles. The minimum Gasteiger partial charge on any atom is -0.332 e. The van der Waals surface area contributed by atoms with E-state index in [0.29, 0.717) is 11.5 Å². The van der Waals surface area contributed by atoms with Crippen LogP contribution >= 0.6 is 23.6 Å². The van der Waals surface area contributed by atoms with Crippen LogP contribution in [0.5, 0.6) is 0 Å². The van der Waals surface area contributed by atoms with Crippen molar-refractivity contribution in [3.63, 3.8) is 0 Å². The number of aryl methyl sites for hydroxylation is 1. The number of carbonyl (C=O) groups excluding carboxylic acids is 1. The van der Waals surface area contributed by atoms with Gasteiger partial charge < -0.3 is 10.6 Å². The van der Waals surface area contributed by atoms with Gasteiger partial charge in [-0.3, -0.25) is 4.79 Å². The van der Waals surface area contributed by atoms with Crippen LogP contribution in [0.25, 0.3) is 15.5 Å². The number of anilines is 1. The van der Waals surface area contributed by atoms with E-state index in [4.69, 9.17) is 12.2 Å². The number of fused-ring (bicyclic) bond motifs is 1. The van der Waals surface area contributed by atoms with Crippen LogP contribution in [0.2, 0.25) is 0 Å². The summed E-state index contributed by atoms with van der Waals surface area (Å²) >= 11 is 6.68. The van der Waals surface area contributed by atoms with E-state index in [1.54, 1.807) is 4.52 Å². The fraction of sp³-hybridized carbons (Fsp3) is 0.353. The van der Waals surface area contributed by atoms with Crippen molar-refractivity contribution in [2.75, 3.05) is 5.32 Å². The Kier molecular flexibility index (Phi) is 5.89. The van der Waals surface area contributed by atoms with Gasteiger partial charge in [0.15, 0.2) is 10.9 Å². The quantitative estimate of drug-likeness (QED) is 0.496. The summed E-state index contributed by atoms with van der Waals surface area (Å²) in [6, 6.07) is 7.71. The first-order valence-electron chi connectivity index (χ1n) is 8.47. The lowest BCUT2D eigenvalue weighted by atomic mass is 10.2. The molecular weight excluding hydrogens is 368 g/mol. The Labute approximate surface area is 160 Å². The summed E-state index contributed by atoms with van der Waals surface area (Å²) in [4.78, 5) is 12.6. The highest BCUT2D eigenvalue weighted by Gasteiger charge is 2.10. The van der Waals surface area contributed by atoms with Crippen molar-refractivity contribution in [3.05, 3.63) is 30.1 Å². The monoisotopic (exact) mass is 388 g/mol. The van der Waals surface area contributed by atoms with E-state index in [2.05, 4.69) is 32.9 Å². The van der Waals surface area contributed by atoms with E-state index in [-0.39, 0.29) is 5.91 Å². The molecule has 0 saturated heterocycles. The molecular formula is C17H20N6OS2. The second-order valence-electron chi connectivity index (χ2n) is 5.89. The third kappa shape index (κ3) is 4.41. The molecule has 9 heteroatoms. The van der Waals surface area contributed by atoms with Crippen LogP contribution in [0.3, 0.4) is 0 Å². The van der Waals surface area contributed by atoms with Crippen LogP contribution in [0, 0.1) is 6.92 Å². The van der Waals surface area contributed by atoms with Crippen LogP contribution in [-0.4, -0.2) is 30.8 Å². The molecule has 2 N–H and O–H groups in total. The van der Waals surface area contributed by atoms with E-state index >= 15 is 0 Å². The Morgan fingerprint density at radius 2 is 2.00 bits per heavy atom. The second-order valence-corrected chi connectivity index (χ2v) is 7.25. The Balaban J connectivity index is 1.58. The summed E-state index contributed by atoms with van der Waals surface area (Å²) in [5.74, 6) is 0.712. The topological polar surface area (TPSA) is 84.2 Å². The number of carbonyl (C=O) groups is 1. The molecule has 0 aliphatic rings. The van der Waals surface area contributed by atoms with E-state index < -0.39 is 0 Å². The second kappa shape index (κ2) is 8.33. The van der Waals surface area contributed by atoms with Crippen molar-refractivity contribution in [1.82, 2.24) is 25.1 Å². The highest BCUT2D eigenvalue weighted by Crippen LogP contribution is 2.26. The Morgan fingerprint density at radius 1 is 1.23 bits per heavy atom. The molecule has 0 fully saturated rings. The Bertz CT molecular complexity index is 915. The number of hydrogen-bond acceptors (Lipinski definition) is 6. The molecule has 1 aromatic carbocycles. The number of nitrogens with one attached hydrogen (secondary N) is 2. The van der Waals surface area contributed by atoms with Crippen molar-refractivity contribution < 1.29 is 4.79 Å². The first-order valence-corrected chi connectivity index (χ1v) is 9.69. The number of nitrogens with zero attached hydrogens (tertiary/aromatic N) is 4. The van der Waals surface area contributed by atoms with Crippen molar-refractivity contribution in [2.24, 2.45) is 0 Å². The number of benzene rings is 1. The van der Waals surface area contributed by atoms with E-state index in [1.807, 2.05) is 31.2 Å². The van der Waals surface area contributed by atoms with Gasteiger partial charge in [-0.05, 0) is 49.8 Å². The van der Waals surface area contributed by atoms with Gasteiger partial charge in [-0.1, -0.05) is 31.1 Å². The van der Waals surface area contributed by atoms with Crippen LogP contribution in [0.1, 0.15) is 38.4 Å². The van der Waals surface area contributed by atoms with Gasteiger partial charge in [0.2, 0.25) is 10.9 Å². The minimum absolute atomic E-state index is 0.0531. The Morgan fingerprint density at radius 3 is 2.69 bits per heavy atom. The molecule has 3 aromatic rings. The fourth-order valence-corrected chi connectivity index (χ4v) is 3.54. The smallest absolute Gasteiger partial charge is 0.234 e. The molecule has 0 unspecified atom stereocenters. The lowest BCUT2D eigenvalue weighted by molar-refractivity contribution is -0.119. The average molecular weight is 389 g/mol. The normalized spacial score (nSPS) is 10.8. The number of amides is 1. The number of thiocarbonyl (C=S) groups is 1. The first kappa shape index (κ1) is 18.4. The summed E-state index contributed by atoms with van der Waals surface area (Å²) in [7, 11) is 0. The first-order chi connectivity index (χ1) is 12.6. The fourth-order valence-electron chi connectivity index (χ4n) is 2.41. The van der Waals surface area contributed by atoms with Crippen molar-refractivity contribution >= 4 is 45.2 Å². The van der Waals surface area contributed by atoms with Crippen LogP contribution in [0.15, 0.2) is 24.3 Å².